The Hall–Kier alpha value is -1.19. The first-order valence-electron chi connectivity index (χ1n) is 6.00. The number of ether oxygens (including phenoxy) is 1. The van der Waals surface area contributed by atoms with Gasteiger partial charge in [-0.2, -0.15) is 0 Å². The van der Waals surface area contributed by atoms with E-state index in [4.69, 9.17) is 4.74 Å². The summed E-state index contributed by atoms with van der Waals surface area (Å²) >= 11 is 0. The summed E-state index contributed by atoms with van der Waals surface area (Å²) < 4.78 is 5.31. The molecule has 1 saturated heterocycles. The van der Waals surface area contributed by atoms with Crippen molar-refractivity contribution in [3.05, 3.63) is 12.3 Å². The van der Waals surface area contributed by atoms with E-state index in [0.29, 0.717) is 13.1 Å². The van der Waals surface area contributed by atoms with E-state index in [9.17, 15) is 9.90 Å². The number of allylic oxidation sites excluding steroid dienone is 1. The number of likely N-dealkylation sites (tertiary alicyclic amines) is 1. The molecule has 1 fully saturated rings. The van der Waals surface area contributed by atoms with Crippen molar-refractivity contribution < 1.29 is 14.6 Å². The van der Waals surface area contributed by atoms with Gasteiger partial charge in [-0.3, -0.25) is 0 Å². The lowest BCUT2D eigenvalue weighted by atomic mass is 9.79. The Balaban J connectivity index is 2.53. The van der Waals surface area contributed by atoms with Crippen LogP contribution in [0.4, 0.5) is 4.79 Å². The summed E-state index contributed by atoms with van der Waals surface area (Å²) in [5.41, 5.74) is -0.725. The Kier molecular flexibility index (Phi) is 3.74. The fourth-order valence-electron chi connectivity index (χ4n) is 1.80. The molecule has 1 rings (SSSR count). The van der Waals surface area contributed by atoms with E-state index in [1.165, 1.54) is 0 Å². The van der Waals surface area contributed by atoms with Gasteiger partial charge in [0.15, 0.2) is 0 Å². The minimum Gasteiger partial charge on any atom is -0.512 e. The number of hydrogen-bond donors (Lipinski definition) is 1. The average molecular weight is 241 g/mol. The van der Waals surface area contributed by atoms with E-state index in [1.807, 2.05) is 27.7 Å². The van der Waals surface area contributed by atoms with Crippen LogP contribution in [0.1, 0.15) is 40.5 Å². The van der Waals surface area contributed by atoms with Crippen LogP contribution >= 0.6 is 0 Å². The molecule has 98 valence electrons. The summed E-state index contributed by atoms with van der Waals surface area (Å²) in [5.74, 6) is 0.210. The smallest absolute Gasteiger partial charge is 0.410 e. The van der Waals surface area contributed by atoms with E-state index in [-0.39, 0.29) is 17.3 Å². The van der Waals surface area contributed by atoms with Gasteiger partial charge in [-0.05, 0) is 33.6 Å². The van der Waals surface area contributed by atoms with Gasteiger partial charge in [0.1, 0.15) is 5.60 Å². The van der Waals surface area contributed by atoms with Gasteiger partial charge >= 0.3 is 6.09 Å². The largest absolute Gasteiger partial charge is 0.512 e. The predicted octanol–water partition coefficient (Wildman–Crippen LogP) is 3.10. The summed E-state index contributed by atoms with van der Waals surface area (Å²) in [6.07, 6.45) is 1.17. The number of aliphatic hydroxyl groups excluding tert-OH is 1. The number of nitrogens with zero attached hydrogens (tertiary/aromatic N) is 1. The number of amides is 1. The Morgan fingerprint density at radius 1 is 1.35 bits per heavy atom. The van der Waals surface area contributed by atoms with Crippen LogP contribution in [0, 0.1) is 5.41 Å². The lowest BCUT2D eigenvalue weighted by Crippen LogP contribution is -2.44. The van der Waals surface area contributed by atoms with E-state index in [1.54, 1.807) is 4.90 Å². The molecule has 1 aliphatic heterocycles. The Morgan fingerprint density at radius 3 is 2.18 bits per heavy atom. The van der Waals surface area contributed by atoms with Crippen LogP contribution in [0.3, 0.4) is 0 Å². The van der Waals surface area contributed by atoms with Gasteiger partial charge in [0, 0.05) is 18.5 Å². The molecule has 0 aromatic heterocycles. The zero-order valence-corrected chi connectivity index (χ0v) is 11.2. The Labute approximate surface area is 103 Å². The van der Waals surface area contributed by atoms with Crippen LogP contribution in [0.2, 0.25) is 0 Å². The maximum absolute atomic E-state index is 11.8. The number of carbonyl (C=O) groups is 1. The highest BCUT2D eigenvalue weighted by atomic mass is 16.6. The summed E-state index contributed by atoms with van der Waals surface area (Å²) in [4.78, 5) is 13.5. The van der Waals surface area contributed by atoms with Crippen molar-refractivity contribution in [1.82, 2.24) is 4.90 Å². The van der Waals surface area contributed by atoms with Crippen LogP contribution in [0.15, 0.2) is 12.3 Å². The second kappa shape index (κ2) is 4.59. The topological polar surface area (TPSA) is 49.8 Å². The quantitative estimate of drug-likeness (QED) is 0.718. The van der Waals surface area contributed by atoms with E-state index >= 15 is 0 Å². The van der Waals surface area contributed by atoms with Crippen molar-refractivity contribution in [2.24, 2.45) is 5.41 Å². The first kappa shape index (κ1) is 13.9. The summed E-state index contributed by atoms with van der Waals surface area (Å²) in [5, 5.41) is 9.52. The standard InChI is InChI=1S/C13H23NO3/c1-10(15)13(5)6-8-14(9-7-13)11(16)17-12(2,3)4/h15H,1,6-9H2,2-5H3. The first-order valence-corrected chi connectivity index (χ1v) is 6.00. The molecule has 0 bridgehead atoms. The van der Waals surface area contributed by atoms with Gasteiger partial charge in [-0.15, -0.1) is 0 Å². The first-order chi connectivity index (χ1) is 7.64. The van der Waals surface area contributed by atoms with Crippen LogP contribution in [0.25, 0.3) is 0 Å². The fraction of sp³-hybridized carbons (Fsp3) is 0.769. The van der Waals surface area contributed by atoms with Crippen molar-refractivity contribution in [2.45, 2.75) is 46.1 Å². The van der Waals surface area contributed by atoms with Crippen molar-refractivity contribution in [2.75, 3.05) is 13.1 Å². The minimum absolute atomic E-state index is 0.210. The SMILES string of the molecule is C=C(O)C1(C)CCN(C(=O)OC(C)(C)C)CC1. The summed E-state index contributed by atoms with van der Waals surface area (Å²) in [6, 6.07) is 0. The molecule has 0 unspecified atom stereocenters. The molecule has 17 heavy (non-hydrogen) atoms. The number of aliphatic hydroxyl groups is 1. The van der Waals surface area contributed by atoms with Crippen LogP contribution in [-0.4, -0.2) is 34.8 Å². The highest BCUT2D eigenvalue weighted by molar-refractivity contribution is 5.68. The van der Waals surface area contributed by atoms with Crippen LogP contribution < -0.4 is 0 Å². The number of hydrogen-bond acceptors (Lipinski definition) is 3. The van der Waals surface area contributed by atoms with Crippen molar-refractivity contribution >= 4 is 6.09 Å². The van der Waals surface area contributed by atoms with E-state index in [2.05, 4.69) is 6.58 Å². The Bertz CT molecular complexity index is 309. The zero-order chi connectivity index (χ0) is 13.3. The monoisotopic (exact) mass is 241 g/mol. The molecule has 0 aliphatic carbocycles. The minimum atomic E-state index is -0.460. The van der Waals surface area contributed by atoms with Gasteiger partial charge in [0.05, 0.1) is 5.76 Å². The second-order valence-electron chi connectivity index (χ2n) is 5.97. The highest BCUT2D eigenvalue weighted by Gasteiger charge is 2.35. The molecule has 1 heterocycles. The van der Waals surface area contributed by atoms with Crippen molar-refractivity contribution in [1.29, 1.82) is 0 Å². The molecule has 1 amide bonds. The number of carbonyl (C=O) groups excluding carboxylic acids is 1. The molecular weight excluding hydrogens is 218 g/mol. The maximum Gasteiger partial charge on any atom is 0.410 e. The van der Waals surface area contributed by atoms with E-state index in [0.717, 1.165) is 12.8 Å². The van der Waals surface area contributed by atoms with Crippen molar-refractivity contribution in [3.8, 4) is 0 Å². The highest BCUT2D eigenvalue weighted by Crippen LogP contribution is 2.36. The molecule has 1 aliphatic rings. The number of piperidine rings is 1. The van der Waals surface area contributed by atoms with Gasteiger partial charge in [-0.1, -0.05) is 13.5 Å². The molecule has 0 aromatic rings. The van der Waals surface area contributed by atoms with Gasteiger partial charge in [0.2, 0.25) is 0 Å². The molecule has 0 aromatic carbocycles. The molecule has 0 atom stereocenters. The molecule has 4 nitrogen and oxygen atoms in total. The Morgan fingerprint density at radius 2 is 1.82 bits per heavy atom. The van der Waals surface area contributed by atoms with Gasteiger partial charge in [-0.25, -0.2) is 4.79 Å². The predicted molar refractivity (Wildman–Crippen MR) is 66.9 cm³/mol. The molecule has 0 radical (unpaired) electrons. The third-order valence-corrected chi connectivity index (χ3v) is 3.22. The lowest BCUT2D eigenvalue weighted by molar-refractivity contribution is 0.0116. The van der Waals surface area contributed by atoms with Crippen LogP contribution in [-0.2, 0) is 4.74 Å². The second-order valence-corrected chi connectivity index (χ2v) is 5.97. The molecular formula is C13H23NO3. The summed E-state index contributed by atoms with van der Waals surface area (Å²) in [7, 11) is 0. The molecule has 1 N–H and O–H groups in total. The normalized spacial score (nSPS) is 19.9. The molecule has 0 spiro atoms. The summed E-state index contributed by atoms with van der Waals surface area (Å²) in [6.45, 7) is 12.3. The third kappa shape index (κ3) is 3.65. The van der Waals surface area contributed by atoms with E-state index < -0.39 is 5.60 Å². The fourth-order valence-corrected chi connectivity index (χ4v) is 1.80. The van der Waals surface area contributed by atoms with Gasteiger partial charge < -0.3 is 14.7 Å². The number of rotatable bonds is 1. The maximum atomic E-state index is 11.8. The van der Waals surface area contributed by atoms with Crippen LogP contribution in [0.5, 0.6) is 0 Å². The lowest BCUT2D eigenvalue weighted by Gasteiger charge is -2.38. The molecule has 4 heteroatoms. The zero-order valence-electron chi connectivity index (χ0n) is 11.2. The average Bonchev–Trinajstić information content (AvgIpc) is 2.15. The van der Waals surface area contributed by atoms with Gasteiger partial charge in [0.25, 0.3) is 0 Å². The third-order valence-electron chi connectivity index (χ3n) is 3.22. The molecule has 0 saturated carbocycles. The van der Waals surface area contributed by atoms with Crippen molar-refractivity contribution in [3.63, 3.8) is 0 Å².